The van der Waals surface area contributed by atoms with Crippen LogP contribution in [0.2, 0.25) is 10.0 Å². The van der Waals surface area contributed by atoms with E-state index >= 15 is 0 Å². The number of aryl methyl sites for hydroxylation is 1. The SMILES string of the molecule is Cc1ccc(Cn2c(=Nc3ccc(OC(F)(F)F)cc3)n(Cc3ccccc3)c3cc(Cl)c(Cl)cc32)cc1. The molecule has 4 nitrogen and oxygen atoms in total. The monoisotopic (exact) mass is 555 g/mol. The summed E-state index contributed by atoms with van der Waals surface area (Å²) in [5, 5.41) is 0.822. The normalized spacial score (nSPS) is 12.3. The van der Waals surface area contributed by atoms with Crippen LogP contribution < -0.4 is 10.4 Å². The summed E-state index contributed by atoms with van der Waals surface area (Å²) in [6.45, 7) is 3.01. The molecule has 1 heterocycles. The van der Waals surface area contributed by atoms with Gasteiger partial charge in [-0.15, -0.1) is 13.2 Å². The van der Waals surface area contributed by atoms with E-state index in [0.717, 1.165) is 27.7 Å². The average Bonchev–Trinajstić information content (AvgIpc) is 3.13. The molecule has 0 radical (unpaired) electrons. The fourth-order valence-corrected chi connectivity index (χ4v) is 4.55. The second-order valence-corrected chi connectivity index (χ2v) is 9.67. The lowest BCUT2D eigenvalue weighted by Gasteiger charge is -2.09. The van der Waals surface area contributed by atoms with Crippen molar-refractivity contribution in [1.29, 1.82) is 0 Å². The molecule has 0 aliphatic carbocycles. The van der Waals surface area contributed by atoms with Gasteiger partial charge in [-0.25, -0.2) is 4.99 Å². The first-order chi connectivity index (χ1) is 18.2. The van der Waals surface area contributed by atoms with Gasteiger partial charge in [0, 0.05) is 0 Å². The molecule has 0 aliphatic heterocycles. The third kappa shape index (κ3) is 5.90. The summed E-state index contributed by atoms with van der Waals surface area (Å²) in [4.78, 5) is 4.89. The average molecular weight is 556 g/mol. The molecule has 4 aromatic carbocycles. The fourth-order valence-electron chi connectivity index (χ4n) is 4.23. The number of alkyl halides is 3. The highest BCUT2D eigenvalue weighted by molar-refractivity contribution is 6.42. The Bertz CT molecular complexity index is 1640. The number of ether oxygens (including phenoxy) is 1. The summed E-state index contributed by atoms with van der Waals surface area (Å²) in [6, 6.07) is 27.2. The molecule has 5 rings (SSSR count). The Morgan fingerprint density at radius 2 is 1.26 bits per heavy atom. The van der Waals surface area contributed by atoms with E-state index in [1.165, 1.54) is 24.3 Å². The topological polar surface area (TPSA) is 31.4 Å². The molecule has 5 aromatic rings. The summed E-state index contributed by atoms with van der Waals surface area (Å²) in [7, 11) is 0. The number of nitrogens with zero attached hydrogens (tertiary/aromatic N) is 3. The van der Waals surface area contributed by atoms with Gasteiger partial charge in [-0.1, -0.05) is 83.4 Å². The van der Waals surface area contributed by atoms with Crippen LogP contribution in [0.15, 0.2) is 96.0 Å². The molecular weight excluding hydrogens is 534 g/mol. The van der Waals surface area contributed by atoms with Gasteiger partial charge in [0.25, 0.3) is 0 Å². The van der Waals surface area contributed by atoms with Crippen LogP contribution in [-0.2, 0) is 13.1 Å². The first kappa shape index (κ1) is 25.9. The maximum atomic E-state index is 12.6. The highest BCUT2D eigenvalue weighted by Gasteiger charge is 2.31. The molecule has 9 heteroatoms. The van der Waals surface area contributed by atoms with Gasteiger partial charge < -0.3 is 13.9 Å². The number of hydrogen-bond donors (Lipinski definition) is 0. The Labute approximate surface area is 227 Å². The highest BCUT2D eigenvalue weighted by atomic mass is 35.5. The van der Waals surface area contributed by atoms with Gasteiger partial charge in [0.05, 0.1) is 39.9 Å². The molecule has 0 spiro atoms. The number of imidazole rings is 1. The largest absolute Gasteiger partial charge is 0.573 e. The Balaban J connectivity index is 1.73. The van der Waals surface area contributed by atoms with E-state index in [2.05, 4.69) is 4.74 Å². The lowest BCUT2D eigenvalue weighted by molar-refractivity contribution is -0.274. The van der Waals surface area contributed by atoms with E-state index < -0.39 is 6.36 Å². The molecule has 0 unspecified atom stereocenters. The molecule has 194 valence electrons. The summed E-state index contributed by atoms with van der Waals surface area (Å²) in [5.74, 6) is -0.313. The first-order valence-corrected chi connectivity index (χ1v) is 12.5. The lowest BCUT2D eigenvalue weighted by Crippen LogP contribution is -2.27. The van der Waals surface area contributed by atoms with Crippen LogP contribution in [0.3, 0.4) is 0 Å². The zero-order valence-electron chi connectivity index (χ0n) is 20.2. The number of halogens is 5. The van der Waals surface area contributed by atoms with Crippen molar-refractivity contribution in [3.8, 4) is 5.75 Å². The quantitative estimate of drug-likeness (QED) is 0.207. The van der Waals surface area contributed by atoms with Gasteiger partial charge in [-0.2, -0.15) is 0 Å². The predicted octanol–water partition coefficient (Wildman–Crippen LogP) is 8.29. The van der Waals surface area contributed by atoms with Crippen LogP contribution in [-0.4, -0.2) is 15.5 Å². The molecule has 0 aliphatic rings. The lowest BCUT2D eigenvalue weighted by atomic mass is 10.1. The molecule has 0 saturated carbocycles. The molecule has 38 heavy (non-hydrogen) atoms. The minimum atomic E-state index is -4.77. The van der Waals surface area contributed by atoms with E-state index in [0.29, 0.717) is 34.4 Å². The summed E-state index contributed by atoms with van der Waals surface area (Å²) < 4.78 is 46.0. The van der Waals surface area contributed by atoms with Crippen LogP contribution in [0, 0.1) is 6.92 Å². The fraction of sp³-hybridized carbons (Fsp3) is 0.138. The number of hydrogen-bond acceptors (Lipinski definition) is 2. The Morgan fingerprint density at radius 3 is 1.79 bits per heavy atom. The molecule has 0 fully saturated rings. The number of aromatic nitrogens is 2. The summed E-state index contributed by atoms with van der Waals surface area (Å²) >= 11 is 12.9. The molecule has 0 bridgehead atoms. The van der Waals surface area contributed by atoms with Crippen molar-refractivity contribution in [2.45, 2.75) is 26.4 Å². The molecular formula is C29H22Cl2F3N3O. The van der Waals surface area contributed by atoms with Crippen molar-refractivity contribution in [2.24, 2.45) is 4.99 Å². The van der Waals surface area contributed by atoms with Crippen molar-refractivity contribution < 1.29 is 17.9 Å². The second kappa shape index (κ2) is 10.6. The van der Waals surface area contributed by atoms with Crippen LogP contribution in [0.1, 0.15) is 16.7 Å². The Kier molecular flexibility index (Phi) is 7.23. The van der Waals surface area contributed by atoms with Gasteiger partial charge in [0.1, 0.15) is 5.75 Å². The summed E-state index contributed by atoms with van der Waals surface area (Å²) in [6.07, 6.45) is -4.77. The molecule has 0 saturated heterocycles. The van der Waals surface area contributed by atoms with Gasteiger partial charge in [-0.3, -0.25) is 0 Å². The standard InChI is InChI=1S/C29H22Cl2F3N3O/c1-19-7-9-21(10-8-19)18-37-27-16-25(31)24(30)15-26(27)36(17-20-5-3-2-4-6-20)28(37)35-22-11-13-23(14-12-22)38-29(32,33)34/h2-16H,17-18H2,1H3. The maximum Gasteiger partial charge on any atom is 0.573 e. The van der Waals surface area contributed by atoms with Gasteiger partial charge >= 0.3 is 6.36 Å². The number of benzene rings is 4. The zero-order valence-corrected chi connectivity index (χ0v) is 21.7. The second-order valence-electron chi connectivity index (χ2n) is 8.85. The predicted molar refractivity (Wildman–Crippen MR) is 144 cm³/mol. The third-order valence-electron chi connectivity index (χ3n) is 6.03. The highest BCUT2D eigenvalue weighted by Crippen LogP contribution is 2.29. The van der Waals surface area contributed by atoms with Crippen LogP contribution in [0.5, 0.6) is 5.75 Å². The van der Waals surface area contributed by atoms with Gasteiger partial charge in [0.15, 0.2) is 0 Å². The maximum absolute atomic E-state index is 12.6. The number of fused-ring (bicyclic) bond motifs is 1. The van der Waals surface area contributed by atoms with E-state index in [-0.39, 0.29) is 5.75 Å². The Morgan fingerprint density at radius 1 is 0.737 bits per heavy atom. The van der Waals surface area contributed by atoms with E-state index in [1.54, 1.807) is 0 Å². The number of rotatable bonds is 6. The van der Waals surface area contributed by atoms with E-state index in [4.69, 9.17) is 28.2 Å². The molecule has 1 aromatic heterocycles. The van der Waals surface area contributed by atoms with Crippen molar-refractivity contribution >= 4 is 39.9 Å². The van der Waals surface area contributed by atoms with Crippen LogP contribution in [0.4, 0.5) is 18.9 Å². The van der Waals surface area contributed by atoms with Crippen molar-refractivity contribution in [2.75, 3.05) is 0 Å². The zero-order chi connectivity index (χ0) is 26.9. The third-order valence-corrected chi connectivity index (χ3v) is 6.75. The van der Waals surface area contributed by atoms with Gasteiger partial charge in [-0.05, 0) is 54.4 Å². The first-order valence-electron chi connectivity index (χ1n) is 11.7. The smallest absolute Gasteiger partial charge is 0.406 e. The van der Waals surface area contributed by atoms with Crippen molar-refractivity contribution in [3.05, 3.63) is 123 Å². The van der Waals surface area contributed by atoms with Crippen molar-refractivity contribution in [1.82, 2.24) is 9.13 Å². The van der Waals surface area contributed by atoms with E-state index in [9.17, 15) is 13.2 Å². The minimum absolute atomic E-state index is 0.313. The Hall–Kier alpha value is -3.68. The minimum Gasteiger partial charge on any atom is -0.406 e. The summed E-state index contributed by atoms with van der Waals surface area (Å²) in [5.41, 5.74) is 5.95. The molecule has 0 N–H and O–H groups in total. The molecule has 0 amide bonds. The van der Waals surface area contributed by atoms with Crippen LogP contribution >= 0.6 is 23.2 Å². The van der Waals surface area contributed by atoms with Crippen LogP contribution in [0.25, 0.3) is 11.0 Å². The van der Waals surface area contributed by atoms with Crippen molar-refractivity contribution in [3.63, 3.8) is 0 Å². The van der Waals surface area contributed by atoms with Gasteiger partial charge in [0.2, 0.25) is 5.62 Å². The molecule has 0 atom stereocenters. The van der Waals surface area contributed by atoms with E-state index in [1.807, 2.05) is 82.8 Å².